The number of alkyl halides is 1. The first-order valence-electron chi connectivity index (χ1n) is 7.62. The predicted octanol–water partition coefficient (Wildman–Crippen LogP) is 2.95. The summed E-state index contributed by atoms with van der Waals surface area (Å²) in [5.41, 5.74) is 1.85. The second-order valence-electron chi connectivity index (χ2n) is 5.68. The minimum absolute atomic E-state index is 0.412. The van der Waals surface area contributed by atoms with Crippen molar-refractivity contribution in [1.82, 2.24) is 14.4 Å². The van der Waals surface area contributed by atoms with Gasteiger partial charge in [-0.3, -0.25) is 4.40 Å². The van der Waals surface area contributed by atoms with Crippen LogP contribution in [-0.4, -0.2) is 40.7 Å². The van der Waals surface area contributed by atoms with E-state index in [1.165, 1.54) is 0 Å². The van der Waals surface area contributed by atoms with Crippen LogP contribution in [0.25, 0.3) is 17.0 Å². The summed E-state index contributed by atoms with van der Waals surface area (Å²) in [6.45, 7) is 1.12. The maximum atomic E-state index is 13.4. The van der Waals surface area contributed by atoms with Crippen molar-refractivity contribution in [2.75, 3.05) is 25.1 Å². The number of anilines is 1. The SMILES string of the molecule is COc1ccc(-c2cn3ccc(N4CC[C@@H](F)C4)nc3n2)cc1. The van der Waals surface area contributed by atoms with Crippen LogP contribution >= 0.6 is 0 Å². The molecule has 1 fully saturated rings. The molecular weight excluding hydrogens is 295 g/mol. The zero-order chi connectivity index (χ0) is 15.8. The molecule has 0 radical (unpaired) electrons. The average Bonchev–Trinajstić information content (AvgIpc) is 3.20. The first-order valence-corrected chi connectivity index (χ1v) is 7.62. The molecule has 1 aromatic carbocycles. The Kier molecular flexibility index (Phi) is 3.37. The quantitative estimate of drug-likeness (QED) is 0.746. The van der Waals surface area contributed by atoms with Crippen LogP contribution in [0.5, 0.6) is 5.75 Å². The smallest absolute Gasteiger partial charge is 0.236 e. The van der Waals surface area contributed by atoms with E-state index in [2.05, 4.69) is 9.97 Å². The number of hydrogen-bond acceptors (Lipinski definition) is 4. The molecule has 4 rings (SSSR count). The Hall–Kier alpha value is -2.63. The lowest BCUT2D eigenvalue weighted by Crippen LogP contribution is -2.21. The topological polar surface area (TPSA) is 42.7 Å². The number of rotatable bonds is 3. The van der Waals surface area contributed by atoms with E-state index in [0.717, 1.165) is 22.8 Å². The van der Waals surface area contributed by atoms with Gasteiger partial charge < -0.3 is 9.64 Å². The minimum atomic E-state index is -0.761. The van der Waals surface area contributed by atoms with Gasteiger partial charge >= 0.3 is 0 Å². The molecule has 118 valence electrons. The van der Waals surface area contributed by atoms with Crippen molar-refractivity contribution >= 4 is 11.6 Å². The standard InChI is InChI=1S/C17H17FN4O/c1-23-14-4-2-12(3-5-14)15-11-22-9-7-16(20-17(22)19-15)21-8-6-13(18)10-21/h2-5,7,9,11,13H,6,8,10H2,1H3/t13-/m1/s1. The summed E-state index contributed by atoms with van der Waals surface area (Å²) >= 11 is 0. The fraction of sp³-hybridized carbons (Fsp3) is 0.294. The van der Waals surface area contributed by atoms with E-state index in [-0.39, 0.29) is 0 Å². The Bertz CT molecular complexity index is 830. The van der Waals surface area contributed by atoms with Gasteiger partial charge in [0, 0.05) is 24.5 Å². The third kappa shape index (κ3) is 2.60. The molecular formula is C17H17FN4O. The van der Waals surface area contributed by atoms with Crippen LogP contribution in [0, 0.1) is 0 Å². The Labute approximate surface area is 133 Å². The molecule has 0 aliphatic carbocycles. The van der Waals surface area contributed by atoms with E-state index < -0.39 is 6.17 Å². The summed E-state index contributed by atoms with van der Waals surface area (Å²) < 4.78 is 20.4. The van der Waals surface area contributed by atoms with Crippen molar-refractivity contribution in [2.24, 2.45) is 0 Å². The summed E-state index contributed by atoms with van der Waals surface area (Å²) in [4.78, 5) is 11.1. The van der Waals surface area contributed by atoms with Gasteiger partial charge in [0.1, 0.15) is 17.7 Å². The fourth-order valence-electron chi connectivity index (χ4n) is 2.87. The zero-order valence-electron chi connectivity index (χ0n) is 12.8. The molecule has 5 nitrogen and oxygen atoms in total. The van der Waals surface area contributed by atoms with Gasteiger partial charge in [0.2, 0.25) is 5.78 Å². The number of methoxy groups -OCH3 is 1. The molecule has 1 saturated heterocycles. The lowest BCUT2D eigenvalue weighted by molar-refractivity contribution is 0.364. The van der Waals surface area contributed by atoms with Crippen molar-refractivity contribution in [3.05, 3.63) is 42.7 Å². The van der Waals surface area contributed by atoms with Crippen LogP contribution in [0.1, 0.15) is 6.42 Å². The van der Waals surface area contributed by atoms with Crippen molar-refractivity contribution in [2.45, 2.75) is 12.6 Å². The van der Waals surface area contributed by atoms with Crippen LogP contribution < -0.4 is 9.64 Å². The summed E-state index contributed by atoms with van der Waals surface area (Å²) in [6.07, 6.45) is 3.67. The van der Waals surface area contributed by atoms with Crippen LogP contribution in [0.2, 0.25) is 0 Å². The number of fused-ring (bicyclic) bond motifs is 1. The van der Waals surface area contributed by atoms with E-state index in [4.69, 9.17) is 4.74 Å². The van der Waals surface area contributed by atoms with Gasteiger partial charge in [0.25, 0.3) is 0 Å². The highest BCUT2D eigenvalue weighted by atomic mass is 19.1. The highest BCUT2D eigenvalue weighted by Crippen LogP contribution is 2.24. The number of imidazole rings is 1. The molecule has 0 N–H and O–H groups in total. The van der Waals surface area contributed by atoms with Crippen LogP contribution in [0.15, 0.2) is 42.7 Å². The summed E-state index contributed by atoms with van der Waals surface area (Å²) in [5, 5.41) is 0. The molecule has 0 amide bonds. The van der Waals surface area contributed by atoms with Gasteiger partial charge in [0.05, 0.1) is 19.3 Å². The lowest BCUT2D eigenvalue weighted by atomic mass is 10.2. The number of halogens is 1. The number of nitrogens with zero attached hydrogens (tertiary/aromatic N) is 4. The highest BCUT2D eigenvalue weighted by molar-refractivity contribution is 5.63. The molecule has 2 aromatic heterocycles. The van der Waals surface area contributed by atoms with Crippen molar-refractivity contribution in [3.63, 3.8) is 0 Å². The third-order valence-electron chi connectivity index (χ3n) is 4.15. The Morgan fingerprint density at radius 1 is 1.17 bits per heavy atom. The molecule has 0 unspecified atom stereocenters. The molecule has 0 spiro atoms. The van der Waals surface area contributed by atoms with Crippen LogP contribution in [0.3, 0.4) is 0 Å². The van der Waals surface area contributed by atoms with Gasteiger partial charge in [-0.15, -0.1) is 0 Å². The second-order valence-corrected chi connectivity index (χ2v) is 5.68. The maximum Gasteiger partial charge on any atom is 0.236 e. The number of aromatic nitrogens is 3. The first-order chi connectivity index (χ1) is 11.2. The van der Waals surface area contributed by atoms with E-state index in [9.17, 15) is 4.39 Å². The van der Waals surface area contributed by atoms with Gasteiger partial charge in [-0.25, -0.2) is 9.37 Å². The molecule has 6 heteroatoms. The summed E-state index contributed by atoms with van der Waals surface area (Å²) in [6, 6.07) is 9.66. The molecule has 0 saturated carbocycles. The summed E-state index contributed by atoms with van der Waals surface area (Å²) in [5.74, 6) is 2.22. The molecule has 3 aromatic rings. The Balaban J connectivity index is 1.67. The monoisotopic (exact) mass is 312 g/mol. The zero-order valence-corrected chi connectivity index (χ0v) is 12.8. The Morgan fingerprint density at radius 2 is 2.00 bits per heavy atom. The molecule has 1 aliphatic heterocycles. The molecule has 23 heavy (non-hydrogen) atoms. The maximum absolute atomic E-state index is 13.4. The van der Waals surface area contributed by atoms with Crippen LogP contribution in [-0.2, 0) is 0 Å². The van der Waals surface area contributed by atoms with Gasteiger partial charge in [-0.2, -0.15) is 4.98 Å². The van der Waals surface area contributed by atoms with Gasteiger partial charge in [0.15, 0.2) is 0 Å². The second kappa shape index (κ2) is 5.53. The predicted molar refractivity (Wildman–Crippen MR) is 86.7 cm³/mol. The highest BCUT2D eigenvalue weighted by Gasteiger charge is 2.23. The molecule has 1 atom stereocenters. The lowest BCUT2D eigenvalue weighted by Gasteiger charge is -2.15. The van der Waals surface area contributed by atoms with Crippen molar-refractivity contribution in [3.8, 4) is 17.0 Å². The van der Waals surface area contributed by atoms with E-state index in [1.54, 1.807) is 7.11 Å². The molecule has 1 aliphatic rings. The van der Waals surface area contributed by atoms with Crippen molar-refractivity contribution in [1.29, 1.82) is 0 Å². The normalized spacial score (nSPS) is 17.8. The fourth-order valence-corrected chi connectivity index (χ4v) is 2.87. The molecule has 3 heterocycles. The molecule has 0 bridgehead atoms. The largest absolute Gasteiger partial charge is 0.497 e. The number of hydrogen-bond donors (Lipinski definition) is 0. The van der Waals surface area contributed by atoms with Gasteiger partial charge in [-0.05, 0) is 36.8 Å². The van der Waals surface area contributed by atoms with Crippen molar-refractivity contribution < 1.29 is 9.13 Å². The van der Waals surface area contributed by atoms with Crippen LogP contribution in [0.4, 0.5) is 10.2 Å². The number of ether oxygens (including phenoxy) is 1. The van der Waals surface area contributed by atoms with Gasteiger partial charge in [-0.1, -0.05) is 0 Å². The van der Waals surface area contributed by atoms with E-state index >= 15 is 0 Å². The number of benzene rings is 1. The average molecular weight is 312 g/mol. The Morgan fingerprint density at radius 3 is 2.70 bits per heavy atom. The van der Waals surface area contributed by atoms with E-state index in [1.807, 2.05) is 52.0 Å². The minimum Gasteiger partial charge on any atom is -0.497 e. The third-order valence-corrected chi connectivity index (χ3v) is 4.15. The first kappa shape index (κ1) is 14.0. The summed E-state index contributed by atoms with van der Waals surface area (Å²) in [7, 11) is 1.64. The van der Waals surface area contributed by atoms with E-state index in [0.29, 0.717) is 25.3 Å².